The molecule has 2 unspecified atom stereocenters. The van der Waals surface area contributed by atoms with Gasteiger partial charge in [-0.05, 0) is 19.4 Å². The third-order valence-corrected chi connectivity index (χ3v) is 4.26. The first kappa shape index (κ1) is 13.2. The molecule has 1 aliphatic heterocycles. The van der Waals surface area contributed by atoms with Crippen molar-refractivity contribution < 1.29 is 4.74 Å². The topological polar surface area (TPSA) is 21.3 Å². The zero-order valence-corrected chi connectivity index (χ0v) is 11.6. The molecule has 0 spiro atoms. The minimum Gasteiger partial charge on any atom is -0.370 e. The highest BCUT2D eigenvalue weighted by Gasteiger charge is 2.31. The molecule has 0 bridgehead atoms. The molecule has 1 aliphatic rings. The number of hydrogen-bond donors (Lipinski definition) is 1. The summed E-state index contributed by atoms with van der Waals surface area (Å²) in [6, 6.07) is 5.66. The van der Waals surface area contributed by atoms with E-state index in [0.29, 0.717) is 16.7 Å². The second-order valence-electron chi connectivity index (χ2n) is 4.74. The van der Waals surface area contributed by atoms with Gasteiger partial charge in [-0.15, -0.1) is 0 Å². The minimum absolute atomic E-state index is 0.0131. The molecule has 2 atom stereocenters. The van der Waals surface area contributed by atoms with Crippen LogP contribution in [-0.4, -0.2) is 18.7 Å². The molecule has 0 aromatic heterocycles. The number of halogens is 2. The van der Waals surface area contributed by atoms with E-state index in [-0.39, 0.29) is 11.6 Å². The lowest BCUT2D eigenvalue weighted by molar-refractivity contribution is -0.0298. The first-order valence-corrected chi connectivity index (χ1v) is 6.62. The van der Waals surface area contributed by atoms with E-state index in [1.54, 1.807) is 6.07 Å². The van der Waals surface area contributed by atoms with Gasteiger partial charge in [-0.3, -0.25) is 0 Å². The fourth-order valence-electron chi connectivity index (χ4n) is 1.93. The van der Waals surface area contributed by atoms with E-state index in [1.165, 1.54) is 0 Å². The monoisotopic (exact) mass is 273 g/mol. The Labute approximate surface area is 112 Å². The predicted octanol–water partition coefficient (Wildman–Crippen LogP) is 3.82. The Hall–Kier alpha value is -0.280. The molecule has 0 saturated carbocycles. The summed E-state index contributed by atoms with van der Waals surface area (Å²) >= 11 is 12.2. The summed E-state index contributed by atoms with van der Waals surface area (Å²) in [5, 5.41) is 4.69. The minimum atomic E-state index is -0.0131. The van der Waals surface area contributed by atoms with Crippen molar-refractivity contribution in [1.29, 1.82) is 0 Å². The molecule has 1 aromatic rings. The Kier molecular flexibility index (Phi) is 3.99. The number of benzene rings is 1. The van der Waals surface area contributed by atoms with E-state index >= 15 is 0 Å². The molecule has 4 heteroatoms. The van der Waals surface area contributed by atoms with Gasteiger partial charge in [0.1, 0.15) is 0 Å². The Balaban J connectivity index is 2.13. The van der Waals surface area contributed by atoms with Crippen molar-refractivity contribution in [2.24, 2.45) is 0 Å². The summed E-state index contributed by atoms with van der Waals surface area (Å²) in [6.45, 7) is 5.78. The van der Waals surface area contributed by atoms with Gasteiger partial charge < -0.3 is 10.1 Å². The van der Waals surface area contributed by atoms with E-state index < -0.39 is 0 Å². The fraction of sp³-hybridized carbons (Fsp3) is 0.538. The molecule has 0 amide bonds. The maximum Gasteiger partial charge on any atom is 0.0965 e. The highest BCUT2D eigenvalue weighted by Crippen LogP contribution is 2.33. The van der Waals surface area contributed by atoms with Gasteiger partial charge in [0.25, 0.3) is 0 Å². The normalized spacial score (nSPS) is 29.3. The third kappa shape index (κ3) is 2.76. The number of morpholine rings is 1. The molecule has 94 valence electrons. The molecule has 1 heterocycles. The Morgan fingerprint density at radius 1 is 1.47 bits per heavy atom. The molecular formula is C13H17Cl2NO. The standard InChI is InChI=1S/C13H17Cl2NO/c1-3-13(2)8-17-11(7-16-13)9-5-4-6-10(14)12(9)15/h4-6,11,16H,3,7-8H2,1-2H3. The van der Waals surface area contributed by atoms with Crippen molar-refractivity contribution in [3.05, 3.63) is 33.8 Å². The Bertz CT molecular complexity index is 400. The van der Waals surface area contributed by atoms with Crippen LogP contribution in [0.1, 0.15) is 31.9 Å². The summed E-state index contributed by atoms with van der Waals surface area (Å²) in [6.07, 6.45) is 1.03. The SMILES string of the molecule is CCC1(C)COC(c2cccc(Cl)c2Cl)CN1. The fourth-order valence-corrected chi connectivity index (χ4v) is 2.36. The predicted molar refractivity (Wildman–Crippen MR) is 71.9 cm³/mol. The van der Waals surface area contributed by atoms with Gasteiger partial charge in [-0.25, -0.2) is 0 Å². The molecule has 2 nitrogen and oxygen atoms in total. The summed E-state index contributed by atoms with van der Waals surface area (Å²) in [7, 11) is 0. The van der Waals surface area contributed by atoms with Crippen LogP contribution in [0.3, 0.4) is 0 Å². The van der Waals surface area contributed by atoms with Crippen molar-refractivity contribution in [2.75, 3.05) is 13.2 Å². The van der Waals surface area contributed by atoms with Gasteiger partial charge in [-0.1, -0.05) is 42.3 Å². The van der Waals surface area contributed by atoms with Crippen LogP contribution in [0.4, 0.5) is 0 Å². The second-order valence-corrected chi connectivity index (χ2v) is 5.52. The number of ether oxygens (including phenoxy) is 1. The van der Waals surface area contributed by atoms with Crippen LogP contribution in [0.25, 0.3) is 0 Å². The van der Waals surface area contributed by atoms with Gasteiger partial charge in [0.05, 0.1) is 22.8 Å². The molecule has 1 N–H and O–H groups in total. The highest BCUT2D eigenvalue weighted by atomic mass is 35.5. The van der Waals surface area contributed by atoms with E-state index in [0.717, 1.165) is 18.5 Å². The molecule has 0 radical (unpaired) electrons. The van der Waals surface area contributed by atoms with Crippen LogP contribution >= 0.6 is 23.2 Å². The first-order valence-electron chi connectivity index (χ1n) is 5.86. The zero-order valence-electron chi connectivity index (χ0n) is 10.1. The third-order valence-electron chi connectivity index (χ3n) is 3.43. The van der Waals surface area contributed by atoms with E-state index in [4.69, 9.17) is 27.9 Å². The number of rotatable bonds is 2. The molecule has 1 saturated heterocycles. The summed E-state index contributed by atoms with van der Waals surface area (Å²) < 4.78 is 5.90. The lowest BCUT2D eigenvalue weighted by atomic mass is 9.96. The lowest BCUT2D eigenvalue weighted by Crippen LogP contribution is -2.52. The molecular weight excluding hydrogens is 257 g/mol. The van der Waals surface area contributed by atoms with E-state index in [2.05, 4.69) is 19.2 Å². The maximum atomic E-state index is 6.19. The summed E-state index contributed by atoms with van der Waals surface area (Å²) in [5.74, 6) is 0. The lowest BCUT2D eigenvalue weighted by Gasteiger charge is -2.38. The van der Waals surface area contributed by atoms with Crippen molar-refractivity contribution in [3.8, 4) is 0 Å². The quantitative estimate of drug-likeness (QED) is 0.885. The molecule has 1 aromatic carbocycles. The molecule has 1 fully saturated rings. The van der Waals surface area contributed by atoms with Gasteiger partial charge in [0.2, 0.25) is 0 Å². The van der Waals surface area contributed by atoms with Gasteiger partial charge >= 0.3 is 0 Å². The van der Waals surface area contributed by atoms with Crippen molar-refractivity contribution in [2.45, 2.75) is 31.9 Å². The zero-order chi connectivity index (χ0) is 12.5. The number of hydrogen-bond acceptors (Lipinski definition) is 2. The van der Waals surface area contributed by atoms with Crippen LogP contribution in [0.5, 0.6) is 0 Å². The first-order chi connectivity index (χ1) is 8.06. The molecule has 17 heavy (non-hydrogen) atoms. The van der Waals surface area contributed by atoms with Gasteiger partial charge in [-0.2, -0.15) is 0 Å². The van der Waals surface area contributed by atoms with Crippen LogP contribution in [-0.2, 0) is 4.74 Å². The van der Waals surface area contributed by atoms with Gasteiger partial charge in [0.15, 0.2) is 0 Å². The summed E-state index contributed by atoms with van der Waals surface area (Å²) in [5.41, 5.74) is 1.03. The van der Waals surface area contributed by atoms with Crippen LogP contribution < -0.4 is 5.32 Å². The average Bonchev–Trinajstić information content (AvgIpc) is 2.34. The molecule has 2 rings (SSSR count). The van der Waals surface area contributed by atoms with Crippen LogP contribution in [0.15, 0.2) is 18.2 Å². The van der Waals surface area contributed by atoms with Crippen molar-refractivity contribution >= 4 is 23.2 Å². The van der Waals surface area contributed by atoms with E-state index in [9.17, 15) is 0 Å². The maximum absolute atomic E-state index is 6.19. The number of nitrogens with one attached hydrogen (secondary N) is 1. The smallest absolute Gasteiger partial charge is 0.0965 e. The highest BCUT2D eigenvalue weighted by molar-refractivity contribution is 6.42. The Morgan fingerprint density at radius 2 is 2.24 bits per heavy atom. The average molecular weight is 274 g/mol. The van der Waals surface area contributed by atoms with Gasteiger partial charge in [0, 0.05) is 17.6 Å². The van der Waals surface area contributed by atoms with Crippen LogP contribution in [0.2, 0.25) is 10.0 Å². The van der Waals surface area contributed by atoms with Crippen molar-refractivity contribution in [1.82, 2.24) is 5.32 Å². The summed E-state index contributed by atoms with van der Waals surface area (Å²) in [4.78, 5) is 0. The largest absolute Gasteiger partial charge is 0.370 e. The van der Waals surface area contributed by atoms with E-state index in [1.807, 2.05) is 12.1 Å². The Morgan fingerprint density at radius 3 is 2.82 bits per heavy atom. The second kappa shape index (κ2) is 5.15. The van der Waals surface area contributed by atoms with Crippen LogP contribution in [0, 0.1) is 0 Å². The molecule has 0 aliphatic carbocycles. The van der Waals surface area contributed by atoms with Crippen molar-refractivity contribution in [3.63, 3.8) is 0 Å².